The molecule has 0 bridgehead atoms. The van der Waals surface area contributed by atoms with Crippen molar-refractivity contribution in [3.05, 3.63) is 35.9 Å². The van der Waals surface area contributed by atoms with Crippen molar-refractivity contribution < 1.29 is 23.5 Å². The second kappa shape index (κ2) is 10.4. The van der Waals surface area contributed by atoms with Crippen molar-refractivity contribution in [2.24, 2.45) is 5.92 Å². The molecule has 0 heterocycles. The molecule has 0 radical (unpaired) electrons. The Morgan fingerprint density at radius 2 is 1.96 bits per heavy atom. The Hall–Kier alpha value is -0.990. The monoisotopic (exact) mass is 429 g/mol. The highest BCUT2D eigenvalue weighted by molar-refractivity contribution is 9.05. The number of likely N-dealkylation sites (N-methyl/N-ethyl adjacent to an activating group) is 1. The molecule has 2 atom stereocenters. The highest BCUT2D eigenvalue weighted by Crippen LogP contribution is 2.41. The normalized spacial score (nSPS) is 18.7. The molecule has 1 aliphatic carbocycles. The molecule has 0 saturated heterocycles. The van der Waals surface area contributed by atoms with Gasteiger partial charge in [-0.25, -0.2) is 9.68 Å². The van der Waals surface area contributed by atoms with Gasteiger partial charge in [0.1, 0.15) is 22.4 Å². The smallest absolute Gasteiger partial charge is 0.343 e. The minimum Gasteiger partial charge on any atom is -0.459 e. The summed E-state index contributed by atoms with van der Waals surface area (Å²) in [5.41, 5.74) is -1.02. The molecular weight excluding hydrogens is 402 g/mol. The predicted molar refractivity (Wildman–Crippen MR) is 101 cm³/mol. The van der Waals surface area contributed by atoms with Gasteiger partial charge in [-0.2, -0.15) is 3.98 Å². The van der Waals surface area contributed by atoms with E-state index in [0.29, 0.717) is 18.5 Å². The molecule has 1 aliphatic rings. The molecule has 6 nitrogen and oxygen atoms in total. The number of benzene rings is 1. The molecule has 26 heavy (non-hydrogen) atoms. The van der Waals surface area contributed by atoms with Gasteiger partial charge in [-0.3, -0.25) is 0 Å². The summed E-state index contributed by atoms with van der Waals surface area (Å²) in [4.78, 5) is 19.9. The van der Waals surface area contributed by atoms with Crippen molar-refractivity contribution in [3.8, 4) is 0 Å². The molecule has 0 aliphatic heterocycles. The Labute approximate surface area is 163 Å². The van der Waals surface area contributed by atoms with Crippen molar-refractivity contribution in [1.29, 1.82) is 0 Å². The first-order valence-corrected chi connectivity index (χ1v) is 9.67. The highest BCUT2D eigenvalue weighted by atomic mass is 79.9. The number of hydrogen-bond acceptors (Lipinski definition) is 6. The molecule has 1 aromatic rings. The SMILES string of the molecule is CN(C)CC(CCOOBr)OC(=O)C(O)(c1ccccc1)C1CCCC1. The van der Waals surface area contributed by atoms with Crippen molar-refractivity contribution in [3.63, 3.8) is 0 Å². The average Bonchev–Trinajstić information content (AvgIpc) is 3.16. The number of ether oxygens (including phenoxy) is 1. The van der Waals surface area contributed by atoms with E-state index in [1.165, 1.54) is 0 Å². The molecule has 0 aromatic heterocycles. The summed E-state index contributed by atoms with van der Waals surface area (Å²) in [5, 5.41) is 11.5. The van der Waals surface area contributed by atoms with E-state index in [1.54, 1.807) is 12.1 Å². The lowest BCUT2D eigenvalue weighted by Crippen LogP contribution is -2.46. The molecule has 146 valence electrons. The van der Waals surface area contributed by atoms with Gasteiger partial charge in [0.2, 0.25) is 0 Å². The van der Waals surface area contributed by atoms with Crippen LogP contribution in [0.4, 0.5) is 0 Å². The molecule has 1 N–H and O–H groups in total. The Morgan fingerprint density at radius 1 is 1.31 bits per heavy atom. The van der Waals surface area contributed by atoms with Crippen LogP contribution in [0.1, 0.15) is 37.7 Å². The summed E-state index contributed by atoms with van der Waals surface area (Å²) in [7, 11) is 3.81. The maximum Gasteiger partial charge on any atom is 0.343 e. The summed E-state index contributed by atoms with van der Waals surface area (Å²) in [5.74, 6) is -0.707. The first-order chi connectivity index (χ1) is 12.5. The minimum atomic E-state index is -1.62. The van der Waals surface area contributed by atoms with Crippen molar-refractivity contribution >= 4 is 22.2 Å². The van der Waals surface area contributed by atoms with E-state index in [0.717, 1.165) is 25.7 Å². The molecule has 7 heteroatoms. The van der Waals surface area contributed by atoms with Gasteiger partial charge < -0.3 is 14.7 Å². The van der Waals surface area contributed by atoms with Crippen molar-refractivity contribution in [1.82, 2.24) is 4.90 Å². The molecule has 1 fully saturated rings. The predicted octanol–water partition coefficient (Wildman–Crippen LogP) is 3.19. The van der Waals surface area contributed by atoms with Crippen LogP contribution in [0.25, 0.3) is 0 Å². The quantitative estimate of drug-likeness (QED) is 0.266. The van der Waals surface area contributed by atoms with Crippen LogP contribution in [0, 0.1) is 5.92 Å². The third-order valence-electron chi connectivity index (χ3n) is 4.88. The Kier molecular flexibility index (Phi) is 8.50. The van der Waals surface area contributed by atoms with Crippen molar-refractivity contribution in [2.45, 2.75) is 43.8 Å². The Balaban J connectivity index is 2.18. The van der Waals surface area contributed by atoms with E-state index in [-0.39, 0.29) is 12.5 Å². The Morgan fingerprint density at radius 3 is 2.54 bits per heavy atom. The zero-order chi connectivity index (χ0) is 19.0. The molecule has 0 amide bonds. The van der Waals surface area contributed by atoms with Crippen LogP contribution >= 0.6 is 16.3 Å². The van der Waals surface area contributed by atoms with Gasteiger partial charge in [-0.05, 0) is 32.5 Å². The number of halogens is 1. The van der Waals surface area contributed by atoms with Gasteiger partial charge in [-0.15, -0.1) is 0 Å². The fraction of sp³-hybridized carbons (Fsp3) is 0.632. The molecular formula is C19H28BrNO5. The van der Waals surface area contributed by atoms with E-state index in [1.807, 2.05) is 37.2 Å². The van der Waals surface area contributed by atoms with Crippen LogP contribution < -0.4 is 0 Å². The van der Waals surface area contributed by atoms with Gasteiger partial charge in [0.25, 0.3) is 0 Å². The lowest BCUT2D eigenvalue weighted by atomic mass is 9.80. The van der Waals surface area contributed by atoms with Crippen LogP contribution in [-0.4, -0.2) is 49.3 Å². The van der Waals surface area contributed by atoms with E-state index in [4.69, 9.17) is 9.62 Å². The van der Waals surface area contributed by atoms with Gasteiger partial charge >= 0.3 is 5.97 Å². The third kappa shape index (κ3) is 5.50. The van der Waals surface area contributed by atoms with Crippen LogP contribution in [0.5, 0.6) is 0 Å². The summed E-state index contributed by atoms with van der Waals surface area (Å²) in [6.45, 7) is 0.803. The number of carbonyl (C=O) groups is 1. The lowest BCUT2D eigenvalue weighted by molar-refractivity contribution is -0.196. The molecule has 1 aromatic carbocycles. The number of carbonyl (C=O) groups excluding carboxylic acids is 1. The first-order valence-electron chi connectivity index (χ1n) is 9.02. The van der Waals surface area contributed by atoms with Crippen molar-refractivity contribution in [2.75, 3.05) is 27.2 Å². The summed E-state index contributed by atoms with van der Waals surface area (Å²) in [6.07, 6.45) is 3.73. The zero-order valence-corrected chi connectivity index (χ0v) is 17.0. The van der Waals surface area contributed by atoms with Gasteiger partial charge in [0.15, 0.2) is 5.60 Å². The van der Waals surface area contributed by atoms with Gasteiger partial charge in [0.05, 0.1) is 6.61 Å². The second-order valence-electron chi connectivity index (χ2n) is 7.08. The molecule has 1 saturated carbocycles. The van der Waals surface area contributed by atoms with E-state index < -0.39 is 17.7 Å². The summed E-state index contributed by atoms with van der Waals surface area (Å²) >= 11 is 2.73. The summed E-state index contributed by atoms with van der Waals surface area (Å²) < 4.78 is 10.2. The molecule has 0 spiro atoms. The number of nitrogens with zero attached hydrogens (tertiary/aromatic N) is 1. The number of esters is 1. The van der Waals surface area contributed by atoms with Gasteiger partial charge in [0, 0.05) is 18.9 Å². The minimum absolute atomic E-state index is 0.125. The van der Waals surface area contributed by atoms with Crippen LogP contribution in [0.15, 0.2) is 30.3 Å². The largest absolute Gasteiger partial charge is 0.459 e. The maximum absolute atomic E-state index is 13.1. The van der Waals surface area contributed by atoms with E-state index in [9.17, 15) is 9.90 Å². The molecule has 2 unspecified atom stereocenters. The zero-order valence-electron chi connectivity index (χ0n) is 15.4. The topological polar surface area (TPSA) is 68.2 Å². The van der Waals surface area contributed by atoms with Crippen LogP contribution in [-0.2, 0) is 24.0 Å². The van der Waals surface area contributed by atoms with Crippen LogP contribution in [0.2, 0.25) is 0 Å². The van der Waals surface area contributed by atoms with Gasteiger partial charge in [-0.1, -0.05) is 43.2 Å². The Bertz CT molecular complexity index is 550. The fourth-order valence-electron chi connectivity index (χ4n) is 3.60. The second-order valence-corrected chi connectivity index (χ2v) is 7.34. The van der Waals surface area contributed by atoms with E-state index in [2.05, 4.69) is 20.2 Å². The number of hydrogen-bond donors (Lipinski definition) is 1. The average molecular weight is 430 g/mol. The van der Waals surface area contributed by atoms with Crippen LogP contribution in [0.3, 0.4) is 0 Å². The fourth-order valence-corrected chi connectivity index (χ4v) is 3.74. The standard InChI is InChI=1S/C19H28BrNO5/c1-21(2)14-17(12-13-24-26-20)25-18(22)19(23,16-10-6-7-11-16)15-8-4-3-5-9-15/h3-5,8-9,16-17,23H,6-7,10-14H2,1-2H3. The summed E-state index contributed by atoms with van der Waals surface area (Å²) in [6, 6.07) is 9.13. The molecule has 2 rings (SSSR count). The first kappa shape index (κ1) is 21.3. The lowest BCUT2D eigenvalue weighted by Gasteiger charge is -2.34. The number of rotatable bonds is 10. The third-order valence-corrected chi connectivity index (χ3v) is 5.07. The van der Waals surface area contributed by atoms with E-state index >= 15 is 0 Å². The maximum atomic E-state index is 13.1. The highest BCUT2D eigenvalue weighted by Gasteiger charge is 2.48. The number of aliphatic hydroxyl groups is 1.